The molecule has 0 saturated carbocycles. The van der Waals surface area contributed by atoms with Crippen LogP contribution in [0.3, 0.4) is 0 Å². The van der Waals surface area contributed by atoms with Gasteiger partial charge in [0, 0.05) is 4.88 Å². The highest BCUT2D eigenvalue weighted by atomic mass is 35.5. The quantitative estimate of drug-likeness (QED) is 0.649. The van der Waals surface area contributed by atoms with Crippen LogP contribution in [0.25, 0.3) is 11.0 Å². The molecule has 1 aromatic carbocycles. The number of rotatable bonds is 3. The Morgan fingerprint density at radius 2 is 2.05 bits per heavy atom. The molecule has 2 heterocycles. The maximum absolute atomic E-state index is 6.06. The second-order valence-electron chi connectivity index (χ2n) is 4.72. The van der Waals surface area contributed by atoms with Gasteiger partial charge in [0.2, 0.25) is 0 Å². The first-order valence-electron chi connectivity index (χ1n) is 6.24. The summed E-state index contributed by atoms with van der Waals surface area (Å²) in [6, 6.07) is 8.38. The van der Waals surface area contributed by atoms with E-state index in [0.717, 1.165) is 17.9 Å². The van der Waals surface area contributed by atoms with E-state index in [1.165, 1.54) is 21.5 Å². The molecule has 0 aliphatic rings. The minimum Gasteiger partial charge on any atom is -0.321 e. The highest BCUT2D eigenvalue weighted by Crippen LogP contribution is 2.25. The predicted octanol–water partition coefficient (Wildman–Crippen LogP) is 4.50. The largest absolute Gasteiger partial charge is 0.321 e. The molecule has 2 aromatic heterocycles. The van der Waals surface area contributed by atoms with Crippen LogP contribution in [0, 0.1) is 13.8 Å². The Labute approximate surface area is 121 Å². The molecular formula is C15H15ClN2S. The van der Waals surface area contributed by atoms with Crippen molar-refractivity contribution in [2.45, 2.75) is 26.3 Å². The van der Waals surface area contributed by atoms with Gasteiger partial charge in [-0.25, -0.2) is 4.98 Å². The molecule has 19 heavy (non-hydrogen) atoms. The van der Waals surface area contributed by atoms with E-state index in [0.29, 0.717) is 5.88 Å². The highest BCUT2D eigenvalue weighted by molar-refractivity contribution is 7.10. The van der Waals surface area contributed by atoms with Crippen LogP contribution in [0.5, 0.6) is 0 Å². The second kappa shape index (κ2) is 4.99. The van der Waals surface area contributed by atoms with E-state index in [4.69, 9.17) is 11.6 Å². The summed E-state index contributed by atoms with van der Waals surface area (Å²) in [5.41, 5.74) is 4.81. The summed E-state index contributed by atoms with van der Waals surface area (Å²) in [6.07, 6.45) is 0. The molecular weight excluding hydrogens is 276 g/mol. The zero-order chi connectivity index (χ0) is 13.4. The number of alkyl halides is 1. The lowest BCUT2D eigenvalue weighted by Gasteiger charge is -2.08. The Balaban J connectivity index is 2.18. The van der Waals surface area contributed by atoms with Gasteiger partial charge in [-0.2, -0.15) is 0 Å². The molecule has 0 fully saturated rings. The molecule has 4 heteroatoms. The van der Waals surface area contributed by atoms with Crippen molar-refractivity contribution in [3.8, 4) is 0 Å². The summed E-state index contributed by atoms with van der Waals surface area (Å²) in [7, 11) is 0. The first kappa shape index (κ1) is 12.7. The SMILES string of the molecule is Cc1ccsc1Cn1c(CCl)nc2cccc(C)c21. The number of hydrogen-bond donors (Lipinski definition) is 0. The van der Waals surface area contributed by atoms with Crippen LogP contribution in [0.4, 0.5) is 0 Å². The first-order valence-corrected chi connectivity index (χ1v) is 7.66. The van der Waals surface area contributed by atoms with Crippen molar-refractivity contribution in [1.29, 1.82) is 0 Å². The Bertz CT molecular complexity index is 727. The fraction of sp³-hybridized carbons (Fsp3) is 0.267. The van der Waals surface area contributed by atoms with Crippen molar-refractivity contribution in [1.82, 2.24) is 9.55 Å². The van der Waals surface area contributed by atoms with Gasteiger partial charge in [0.05, 0.1) is 23.5 Å². The molecule has 0 unspecified atom stereocenters. The number of imidazole rings is 1. The number of aryl methyl sites for hydroxylation is 2. The van der Waals surface area contributed by atoms with E-state index in [1.54, 1.807) is 11.3 Å². The summed E-state index contributed by atoms with van der Waals surface area (Å²) in [4.78, 5) is 6.01. The van der Waals surface area contributed by atoms with Gasteiger partial charge >= 0.3 is 0 Å². The monoisotopic (exact) mass is 290 g/mol. The van der Waals surface area contributed by atoms with Crippen molar-refractivity contribution in [2.75, 3.05) is 0 Å². The summed E-state index contributed by atoms with van der Waals surface area (Å²) in [5.74, 6) is 1.39. The Hall–Kier alpha value is -1.32. The lowest BCUT2D eigenvalue weighted by atomic mass is 10.2. The minimum atomic E-state index is 0.443. The van der Waals surface area contributed by atoms with Gasteiger partial charge in [-0.15, -0.1) is 22.9 Å². The van der Waals surface area contributed by atoms with Crippen LogP contribution in [0.15, 0.2) is 29.6 Å². The molecule has 98 valence electrons. The van der Waals surface area contributed by atoms with E-state index in [2.05, 4.69) is 47.0 Å². The van der Waals surface area contributed by atoms with Crippen LogP contribution in [-0.4, -0.2) is 9.55 Å². The number of nitrogens with zero attached hydrogens (tertiary/aromatic N) is 2. The van der Waals surface area contributed by atoms with Gasteiger partial charge in [-0.05, 0) is 42.5 Å². The standard InChI is InChI=1S/C15H15ClN2S/c1-10-6-7-19-13(10)9-18-14(8-16)17-12-5-3-4-11(2)15(12)18/h3-7H,8-9H2,1-2H3. The number of fused-ring (bicyclic) bond motifs is 1. The number of benzene rings is 1. The fourth-order valence-electron chi connectivity index (χ4n) is 2.40. The van der Waals surface area contributed by atoms with Crippen LogP contribution >= 0.6 is 22.9 Å². The third-order valence-corrected chi connectivity index (χ3v) is 4.68. The van der Waals surface area contributed by atoms with Gasteiger partial charge in [0.1, 0.15) is 5.82 Å². The van der Waals surface area contributed by atoms with Crippen LogP contribution < -0.4 is 0 Å². The molecule has 0 amide bonds. The van der Waals surface area contributed by atoms with Gasteiger partial charge in [-0.1, -0.05) is 12.1 Å². The number of para-hydroxylation sites is 1. The molecule has 0 bridgehead atoms. The molecule has 3 rings (SSSR count). The minimum absolute atomic E-state index is 0.443. The molecule has 0 saturated heterocycles. The Morgan fingerprint density at radius 1 is 1.21 bits per heavy atom. The zero-order valence-corrected chi connectivity index (χ0v) is 12.6. The van der Waals surface area contributed by atoms with Gasteiger partial charge in [0.25, 0.3) is 0 Å². The molecule has 3 aromatic rings. The average Bonchev–Trinajstić information content (AvgIpc) is 2.96. The lowest BCUT2D eigenvalue weighted by Crippen LogP contribution is -2.04. The Kier molecular flexibility index (Phi) is 3.33. The summed E-state index contributed by atoms with van der Waals surface area (Å²) in [6.45, 7) is 5.13. The topological polar surface area (TPSA) is 17.8 Å². The maximum atomic E-state index is 6.06. The molecule has 0 spiro atoms. The van der Waals surface area contributed by atoms with Crippen molar-refractivity contribution in [2.24, 2.45) is 0 Å². The normalized spacial score (nSPS) is 11.3. The van der Waals surface area contributed by atoms with Crippen molar-refractivity contribution >= 4 is 34.0 Å². The summed E-state index contributed by atoms with van der Waals surface area (Å²) >= 11 is 7.85. The van der Waals surface area contributed by atoms with Gasteiger partial charge in [-0.3, -0.25) is 0 Å². The number of aromatic nitrogens is 2. The second-order valence-corrected chi connectivity index (χ2v) is 5.99. The van der Waals surface area contributed by atoms with Crippen LogP contribution in [0.1, 0.15) is 21.8 Å². The third-order valence-electron chi connectivity index (χ3n) is 3.44. The third kappa shape index (κ3) is 2.17. The van der Waals surface area contributed by atoms with Crippen molar-refractivity contribution < 1.29 is 0 Å². The summed E-state index contributed by atoms with van der Waals surface area (Å²) in [5, 5.41) is 2.14. The van der Waals surface area contributed by atoms with E-state index in [-0.39, 0.29) is 0 Å². The molecule has 0 N–H and O–H groups in total. The van der Waals surface area contributed by atoms with E-state index in [1.807, 2.05) is 6.07 Å². The Morgan fingerprint density at radius 3 is 2.74 bits per heavy atom. The van der Waals surface area contributed by atoms with E-state index >= 15 is 0 Å². The lowest BCUT2D eigenvalue weighted by molar-refractivity contribution is 0.784. The van der Waals surface area contributed by atoms with E-state index in [9.17, 15) is 0 Å². The van der Waals surface area contributed by atoms with Crippen LogP contribution in [0.2, 0.25) is 0 Å². The smallest absolute Gasteiger partial charge is 0.125 e. The molecule has 0 atom stereocenters. The number of thiophene rings is 1. The molecule has 0 radical (unpaired) electrons. The predicted molar refractivity (Wildman–Crippen MR) is 82.2 cm³/mol. The number of halogens is 1. The van der Waals surface area contributed by atoms with Crippen molar-refractivity contribution in [3.63, 3.8) is 0 Å². The number of hydrogen-bond acceptors (Lipinski definition) is 2. The maximum Gasteiger partial charge on any atom is 0.125 e. The van der Waals surface area contributed by atoms with Crippen molar-refractivity contribution in [3.05, 3.63) is 51.5 Å². The first-order chi connectivity index (χ1) is 9.20. The van der Waals surface area contributed by atoms with E-state index < -0.39 is 0 Å². The molecule has 0 aliphatic heterocycles. The average molecular weight is 291 g/mol. The zero-order valence-electron chi connectivity index (χ0n) is 11.0. The van der Waals surface area contributed by atoms with Gasteiger partial charge in [0.15, 0.2) is 0 Å². The van der Waals surface area contributed by atoms with Crippen LogP contribution in [-0.2, 0) is 12.4 Å². The highest BCUT2D eigenvalue weighted by Gasteiger charge is 2.13. The summed E-state index contributed by atoms with van der Waals surface area (Å²) < 4.78 is 2.25. The fourth-order valence-corrected chi connectivity index (χ4v) is 3.49. The van der Waals surface area contributed by atoms with Gasteiger partial charge < -0.3 is 4.57 Å². The molecule has 0 aliphatic carbocycles. The molecule has 2 nitrogen and oxygen atoms in total.